The average Bonchev–Trinajstić information content (AvgIpc) is 2.79. The summed E-state index contributed by atoms with van der Waals surface area (Å²) < 4.78 is 4.33. The zero-order valence-corrected chi connectivity index (χ0v) is 21.1. The van der Waals surface area contributed by atoms with Gasteiger partial charge in [-0.05, 0) is 31.2 Å². The van der Waals surface area contributed by atoms with Crippen LogP contribution in [0.5, 0.6) is 0 Å². The van der Waals surface area contributed by atoms with Crippen LogP contribution in [-0.2, 0) is 28.7 Å². The van der Waals surface area contributed by atoms with Crippen LogP contribution in [0.3, 0.4) is 0 Å². The van der Waals surface area contributed by atoms with Gasteiger partial charge in [-0.3, -0.25) is 24.7 Å². The van der Waals surface area contributed by atoms with E-state index in [0.29, 0.717) is 11.3 Å². The van der Waals surface area contributed by atoms with Crippen LogP contribution in [0, 0.1) is 5.41 Å². The van der Waals surface area contributed by atoms with Gasteiger partial charge in [-0.1, -0.05) is 0 Å². The fraction of sp³-hybridized carbons (Fsp3) is 0.500. The molecule has 1 atom stereocenters. The van der Waals surface area contributed by atoms with Crippen LogP contribution >= 0.6 is 0 Å². The maximum Gasteiger partial charge on any atom is 0.361 e. The molecule has 1 heterocycles. The summed E-state index contributed by atoms with van der Waals surface area (Å²) in [6, 6.07) is 6.32. The van der Waals surface area contributed by atoms with Crippen molar-refractivity contribution in [3.63, 3.8) is 0 Å². The van der Waals surface area contributed by atoms with E-state index in [1.165, 1.54) is 0 Å². The highest BCUT2D eigenvalue weighted by molar-refractivity contribution is 5.96. The van der Waals surface area contributed by atoms with Crippen molar-refractivity contribution in [1.82, 2.24) is 4.90 Å². The molecule has 0 aliphatic carbocycles. The third kappa shape index (κ3) is 7.98. The second-order valence-corrected chi connectivity index (χ2v) is 9.29. The third-order valence-corrected chi connectivity index (χ3v) is 6.63. The molecule has 1 aliphatic rings. The molecule has 0 radical (unpaired) electrons. The Bertz CT molecular complexity index is 1060. The van der Waals surface area contributed by atoms with Crippen molar-refractivity contribution >= 4 is 41.3 Å². The highest BCUT2D eigenvalue weighted by Gasteiger charge is 2.58. The van der Waals surface area contributed by atoms with Gasteiger partial charge in [-0.15, -0.1) is 0 Å². The molecule has 1 aliphatic heterocycles. The molecule has 14 nitrogen and oxygen atoms in total. The number of carboxylic acid groups (broad SMARTS) is 3. The molecular formula is C24H33N5O9. The lowest BCUT2D eigenvalue weighted by molar-refractivity contribution is -0.968. The number of hydrogen-bond acceptors (Lipinski definition) is 9. The molecule has 208 valence electrons. The number of carbonyl (C=O) groups is 5. The summed E-state index contributed by atoms with van der Waals surface area (Å²) in [4.78, 5) is 62.2. The van der Waals surface area contributed by atoms with Gasteiger partial charge < -0.3 is 40.4 Å². The molecule has 1 amide bonds. The van der Waals surface area contributed by atoms with Crippen LogP contribution in [0.25, 0.3) is 0 Å². The van der Waals surface area contributed by atoms with E-state index in [-0.39, 0.29) is 50.9 Å². The number of nitrogens with two attached hydrogens (primary N) is 1. The van der Waals surface area contributed by atoms with E-state index >= 15 is 0 Å². The molecule has 0 aromatic heterocycles. The van der Waals surface area contributed by atoms with E-state index in [2.05, 4.69) is 5.32 Å². The summed E-state index contributed by atoms with van der Waals surface area (Å²) in [5.74, 6) is -5.53. The summed E-state index contributed by atoms with van der Waals surface area (Å²) in [5, 5.41) is 41.2. The normalized spacial score (nSPS) is 18.8. The summed E-state index contributed by atoms with van der Waals surface area (Å²) in [6.07, 6.45) is -1.47. The first kappa shape index (κ1) is 30.2. The number of anilines is 1. The van der Waals surface area contributed by atoms with Crippen molar-refractivity contribution in [2.24, 2.45) is 5.73 Å². The lowest BCUT2D eigenvalue weighted by Crippen LogP contribution is -2.77. The van der Waals surface area contributed by atoms with Crippen LogP contribution in [0.2, 0.25) is 0 Å². The van der Waals surface area contributed by atoms with E-state index in [1.807, 2.05) is 0 Å². The Morgan fingerprint density at radius 3 is 2.24 bits per heavy atom. The van der Waals surface area contributed by atoms with E-state index in [9.17, 15) is 39.3 Å². The number of piperazine rings is 1. The molecule has 1 aromatic rings. The lowest BCUT2D eigenvalue weighted by Gasteiger charge is -2.57. The SMILES string of the molecule is CCOC(=O)C[N+]1(CC(=O)[O-])CCN(CCC(=O)Nc2ccc(C(=N)N)cc2)CC1(CC(=O)O)CC(=O)O. The van der Waals surface area contributed by atoms with Crippen molar-refractivity contribution < 1.29 is 48.5 Å². The molecule has 14 heteroatoms. The Morgan fingerprint density at radius 1 is 1.13 bits per heavy atom. The van der Waals surface area contributed by atoms with Gasteiger partial charge in [0, 0.05) is 30.8 Å². The number of benzene rings is 1. The molecule has 0 bridgehead atoms. The lowest BCUT2D eigenvalue weighted by atomic mass is 9.82. The number of amidine groups is 1. The Morgan fingerprint density at radius 2 is 1.74 bits per heavy atom. The Labute approximate surface area is 219 Å². The number of nitrogen functional groups attached to an aromatic ring is 1. The van der Waals surface area contributed by atoms with Crippen molar-refractivity contribution in [1.29, 1.82) is 5.41 Å². The molecule has 2 rings (SSSR count). The molecule has 0 spiro atoms. The molecule has 1 saturated heterocycles. The highest BCUT2D eigenvalue weighted by atomic mass is 16.5. The van der Waals surface area contributed by atoms with Crippen molar-refractivity contribution in [3.8, 4) is 0 Å². The first-order valence-corrected chi connectivity index (χ1v) is 11.9. The number of carboxylic acids is 3. The number of rotatable bonds is 14. The first-order chi connectivity index (χ1) is 17.8. The molecule has 0 saturated carbocycles. The minimum atomic E-state index is -1.71. The molecule has 1 unspecified atom stereocenters. The third-order valence-electron chi connectivity index (χ3n) is 6.63. The van der Waals surface area contributed by atoms with Crippen LogP contribution in [0.15, 0.2) is 24.3 Å². The van der Waals surface area contributed by atoms with E-state index in [4.69, 9.17) is 15.9 Å². The number of carbonyl (C=O) groups excluding carboxylic acids is 3. The second-order valence-electron chi connectivity index (χ2n) is 9.29. The highest BCUT2D eigenvalue weighted by Crippen LogP contribution is 2.37. The van der Waals surface area contributed by atoms with Gasteiger partial charge in [0.2, 0.25) is 5.91 Å². The molecule has 38 heavy (non-hydrogen) atoms. The Balaban J connectivity index is 2.27. The summed E-state index contributed by atoms with van der Waals surface area (Å²) in [5.41, 5.74) is 4.68. The van der Waals surface area contributed by atoms with Crippen molar-refractivity contribution in [2.75, 3.05) is 51.2 Å². The van der Waals surface area contributed by atoms with Gasteiger partial charge in [0.25, 0.3) is 0 Å². The van der Waals surface area contributed by atoms with E-state index < -0.39 is 59.8 Å². The van der Waals surface area contributed by atoms with E-state index in [0.717, 1.165) is 0 Å². The number of esters is 1. The van der Waals surface area contributed by atoms with Gasteiger partial charge in [-0.25, -0.2) is 4.79 Å². The summed E-state index contributed by atoms with van der Waals surface area (Å²) in [7, 11) is 0. The fourth-order valence-electron chi connectivity index (χ4n) is 4.95. The van der Waals surface area contributed by atoms with Crippen molar-refractivity contribution in [2.45, 2.75) is 31.7 Å². The van der Waals surface area contributed by atoms with Crippen LogP contribution in [0.1, 0.15) is 31.7 Å². The number of nitrogens with zero attached hydrogens (tertiary/aromatic N) is 2. The molecule has 1 fully saturated rings. The van der Waals surface area contributed by atoms with Crippen molar-refractivity contribution in [3.05, 3.63) is 29.8 Å². The number of aliphatic carboxylic acids is 3. The number of ether oxygens (including phenoxy) is 1. The Hall–Kier alpha value is -4.04. The zero-order chi connectivity index (χ0) is 28.5. The first-order valence-electron chi connectivity index (χ1n) is 11.9. The van der Waals surface area contributed by atoms with E-state index in [1.54, 1.807) is 36.1 Å². The summed E-state index contributed by atoms with van der Waals surface area (Å²) >= 11 is 0. The largest absolute Gasteiger partial charge is 0.544 e. The van der Waals surface area contributed by atoms with Gasteiger partial charge >= 0.3 is 17.9 Å². The topological polar surface area (TPSA) is 223 Å². The monoisotopic (exact) mass is 535 g/mol. The number of amides is 1. The quantitative estimate of drug-likeness (QED) is 0.0792. The minimum absolute atomic E-state index is 0.00767. The smallest absolute Gasteiger partial charge is 0.361 e. The molecule has 1 aromatic carbocycles. The van der Waals surface area contributed by atoms with Crippen LogP contribution in [0.4, 0.5) is 5.69 Å². The molecule has 6 N–H and O–H groups in total. The maximum atomic E-state index is 12.5. The fourth-order valence-corrected chi connectivity index (χ4v) is 4.95. The zero-order valence-electron chi connectivity index (χ0n) is 21.1. The second kappa shape index (κ2) is 13.0. The average molecular weight is 536 g/mol. The van der Waals surface area contributed by atoms with Gasteiger partial charge in [0.15, 0.2) is 6.54 Å². The van der Waals surface area contributed by atoms with Crippen LogP contribution < -0.4 is 16.2 Å². The van der Waals surface area contributed by atoms with Gasteiger partial charge in [0.1, 0.15) is 30.8 Å². The van der Waals surface area contributed by atoms with Gasteiger partial charge in [-0.2, -0.15) is 0 Å². The van der Waals surface area contributed by atoms with Gasteiger partial charge in [0.05, 0.1) is 25.7 Å². The number of quaternary nitrogens is 1. The van der Waals surface area contributed by atoms with Crippen LogP contribution in [-0.4, -0.2) is 107 Å². The predicted octanol–water partition coefficient (Wildman–Crippen LogP) is -1.57. The predicted molar refractivity (Wildman–Crippen MR) is 131 cm³/mol. The number of nitrogens with one attached hydrogen (secondary N) is 2. The maximum absolute atomic E-state index is 12.5. The Kier molecular flexibility index (Phi) is 10.3. The summed E-state index contributed by atoms with van der Waals surface area (Å²) in [6.45, 7) is 0.311. The standard InChI is InChI=1S/C24H33N5O9/c1-2-38-22(37)14-29(13-21(35)36)10-9-28(15-24(29,11-19(31)32)12-20(33)34)8-7-18(30)27-17-5-3-16(4-6-17)23(25)26/h3-6H,2,7-15H2,1H3,(H6-,25,26,27,30,31,32,33,34,35,36). The number of hydrogen-bond donors (Lipinski definition) is 5. The molecular weight excluding hydrogens is 502 g/mol. The minimum Gasteiger partial charge on any atom is -0.544 e.